The van der Waals surface area contributed by atoms with Crippen LogP contribution >= 0.6 is 11.6 Å². The lowest BCUT2D eigenvalue weighted by molar-refractivity contribution is 0.267. The van der Waals surface area contributed by atoms with Gasteiger partial charge in [-0.2, -0.15) is 0 Å². The van der Waals surface area contributed by atoms with Crippen LogP contribution in [0.4, 0.5) is 5.82 Å². The molecule has 4 heteroatoms. The summed E-state index contributed by atoms with van der Waals surface area (Å²) < 4.78 is 0. The zero-order chi connectivity index (χ0) is 10.8. The molecule has 1 aromatic rings. The predicted octanol–water partition coefficient (Wildman–Crippen LogP) is 2.75. The van der Waals surface area contributed by atoms with E-state index in [1.807, 2.05) is 0 Å². The molecule has 1 aromatic heterocycles. The Labute approximate surface area is 95.5 Å². The van der Waals surface area contributed by atoms with Crippen molar-refractivity contribution in [3.8, 4) is 0 Å². The van der Waals surface area contributed by atoms with E-state index in [0.717, 1.165) is 11.7 Å². The van der Waals surface area contributed by atoms with Gasteiger partial charge in [0, 0.05) is 13.1 Å². The molecule has 1 unspecified atom stereocenters. The van der Waals surface area contributed by atoms with Gasteiger partial charge in [0.05, 0.1) is 12.4 Å². The minimum absolute atomic E-state index is 0.458. The van der Waals surface area contributed by atoms with Crippen LogP contribution in [-0.4, -0.2) is 23.1 Å². The molecule has 82 valence electrons. The highest BCUT2D eigenvalue weighted by atomic mass is 35.5. The van der Waals surface area contributed by atoms with E-state index < -0.39 is 0 Å². The molecule has 2 rings (SSSR count). The summed E-state index contributed by atoms with van der Waals surface area (Å²) in [5.41, 5.74) is 0. The van der Waals surface area contributed by atoms with Gasteiger partial charge in [0.1, 0.15) is 11.0 Å². The molecule has 3 nitrogen and oxygen atoms in total. The Hall–Kier alpha value is -0.830. The third kappa shape index (κ3) is 2.23. The van der Waals surface area contributed by atoms with Crippen LogP contribution in [0.5, 0.6) is 0 Å². The van der Waals surface area contributed by atoms with Crippen LogP contribution < -0.4 is 4.90 Å². The van der Waals surface area contributed by atoms with Crippen molar-refractivity contribution < 1.29 is 0 Å². The van der Waals surface area contributed by atoms with Gasteiger partial charge < -0.3 is 4.90 Å². The molecular formula is C11H16ClN3. The van der Waals surface area contributed by atoms with E-state index in [9.17, 15) is 0 Å². The Morgan fingerprint density at radius 2 is 2.20 bits per heavy atom. The van der Waals surface area contributed by atoms with Crippen molar-refractivity contribution in [3.63, 3.8) is 0 Å². The number of hydrogen-bond donors (Lipinski definition) is 0. The fourth-order valence-electron chi connectivity index (χ4n) is 1.95. The number of anilines is 1. The molecule has 0 aromatic carbocycles. The molecular weight excluding hydrogens is 210 g/mol. The fourth-order valence-corrected chi connectivity index (χ4v) is 2.09. The van der Waals surface area contributed by atoms with Crippen LogP contribution in [0.3, 0.4) is 0 Å². The second kappa shape index (κ2) is 4.35. The first-order valence-corrected chi connectivity index (χ1v) is 5.76. The van der Waals surface area contributed by atoms with Crippen LogP contribution in [0.1, 0.15) is 26.2 Å². The molecule has 0 radical (unpaired) electrons. The maximum absolute atomic E-state index is 5.82. The second-order valence-corrected chi connectivity index (χ2v) is 4.63. The highest BCUT2D eigenvalue weighted by molar-refractivity contribution is 6.29. The SMILES string of the molecule is CC(C1CCC1)N(C)c1cncc(Cl)n1. The summed E-state index contributed by atoms with van der Waals surface area (Å²) in [5.74, 6) is 1.66. The van der Waals surface area contributed by atoms with E-state index >= 15 is 0 Å². The monoisotopic (exact) mass is 225 g/mol. The van der Waals surface area contributed by atoms with Gasteiger partial charge in [-0.15, -0.1) is 0 Å². The normalized spacial score (nSPS) is 18.3. The van der Waals surface area contributed by atoms with Crippen molar-refractivity contribution >= 4 is 17.4 Å². The van der Waals surface area contributed by atoms with Crippen LogP contribution in [0.15, 0.2) is 12.4 Å². The van der Waals surface area contributed by atoms with Gasteiger partial charge in [0.25, 0.3) is 0 Å². The van der Waals surface area contributed by atoms with E-state index in [1.165, 1.54) is 19.3 Å². The minimum atomic E-state index is 0.458. The van der Waals surface area contributed by atoms with E-state index in [-0.39, 0.29) is 0 Å². The fraction of sp³-hybridized carbons (Fsp3) is 0.636. The van der Waals surface area contributed by atoms with Gasteiger partial charge in [-0.3, -0.25) is 4.98 Å². The molecule has 0 amide bonds. The van der Waals surface area contributed by atoms with Gasteiger partial charge in [0.15, 0.2) is 0 Å². The maximum Gasteiger partial charge on any atom is 0.149 e. The van der Waals surface area contributed by atoms with Crippen molar-refractivity contribution in [1.29, 1.82) is 0 Å². The number of rotatable bonds is 3. The number of halogens is 1. The van der Waals surface area contributed by atoms with Crippen molar-refractivity contribution in [2.45, 2.75) is 32.2 Å². The summed E-state index contributed by atoms with van der Waals surface area (Å²) in [4.78, 5) is 10.5. The highest BCUT2D eigenvalue weighted by Crippen LogP contribution is 2.32. The smallest absolute Gasteiger partial charge is 0.149 e. The first kappa shape index (κ1) is 10.7. The first-order chi connectivity index (χ1) is 7.18. The molecule has 0 bridgehead atoms. The van der Waals surface area contributed by atoms with Crippen molar-refractivity contribution in [2.24, 2.45) is 5.92 Å². The molecule has 0 N–H and O–H groups in total. The topological polar surface area (TPSA) is 29.0 Å². The minimum Gasteiger partial charge on any atom is -0.355 e. The third-order valence-corrected chi connectivity index (χ3v) is 3.58. The molecule has 15 heavy (non-hydrogen) atoms. The van der Waals surface area contributed by atoms with Crippen LogP contribution in [0, 0.1) is 5.92 Å². The number of nitrogens with zero attached hydrogens (tertiary/aromatic N) is 3. The third-order valence-electron chi connectivity index (χ3n) is 3.40. The Kier molecular flexibility index (Phi) is 3.10. The Bertz CT molecular complexity index is 338. The first-order valence-electron chi connectivity index (χ1n) is 5.39. The van der Waals surface area contributed by atoms with E-state index in [1.54, 1.807) is 12.4 Å². The van der Waals surface area contributed by atoms with E-state index in [0.29, 0.717) is 11.2 Å². The molecule has 0 aliphatic heterocycles. The lowest BCUT2D eigenvalue weighted by atomic mass is 9.80. The van der Waals surface area contributed by atoms with Crippen LogP contribution in [0.25, 0.3) is 0 Å². The zero-order valence-electron chi connectivity index (χ0n) is 9.15. The molecule has 1 atom stereocenters. The summed E-state index contributed by atoms with van der Waals surface area (Å²) >= 11 is 5.82. The Morgan fingerprint density at radius 1 is 1.47 bits per heavy atom. The van der Waals surface area contributed by atoms with Gasteiger partial charge in [-0.1, -0.05) is 18.0 Å². The summed E-state index contributed by atoms with van der Waals surface area (Å²) in [6.45, 7) is 2.24. The molecule has 1 saturated carbocycles. The quantitative estimate of drug-likeness (QED) is 0.792. The number of hydrogen-bond acceptors (Lipinski definition) is 3. The van der Waals surface area contributed by atoms with E-state index in [4.69, 9.17) is 11.6 Å². The van der Waals surface area contributed by atoms with Crippen molar-refractivity contribution in [2.75, 3.05) is 11.9 Å². The molecule has 1 aliphatic carbocycles. The summed E-state index contributed by atoms with van der Waals surface area (Å²) in [5, 5.41) is 0.458. The molecule has 1 aliphatic rings. The highest BCUT2D eigenvalue weighted by Gasteiger charge is 2.27. The standard InChI is InChI=1S/C11H16ClN3/c1-8(9-4-3-5-9)15(2)11-7-13-6-10(12)14-11/h6-9H,3-5H2,1-2H3. The zero-order valence-corrected chi connectivity index (χ0v) is 9.91. The van der Waals surface area contributed by atoms with Crippen LogP contribution in [0.2, 0.25) is 5.15 Å². The molecule has 1 fully saturated rings. The molecule has 1 heterocycles. The van der Waals surface area contributed by atoms with Crippen molar-refractivity contribution in [3.05, 3.63) is 17.5 Å². The lowest BCUT2D eigenvalue weighted by Gasteiger charge is -2.37. The second-order valence-electron chi connectivity index (χ2n) is 4.24. The molecule has 0 saturated heterocycles. The van der Waals surface area contributed by atoms with E-state index in [2.05, 4.69) is 28.8 Å². The largest absolute Gasteiger partial charge is 0.355 e. The van der Waals surface area contributed by atoms with Gasteiger partial charge in [-0.25, -0.2) is 4.98 Å². The van der Waals surface area contributed by atoms with Gasteiger partial charge in [0.2, 0.25) is 0 Å². The van der Waals surface area contributed by atoms with Crippen LogP contribution in [-0.2, 0) is 0 Å². The van der Waals surface area contributed by atoms with Gasteiger partial charge in [-0.05, 0) is 25.7 Å². The maximum atomic E-state index is 5.82. The summed E-state index contributed by atoms with van der Waals surface area (Å²) in [6.07, 6.45) is 7.36. The Balaban J connectivity index is 2.08. The van der Waals surface area contributed by atoms with Crippen molar-refractivity contribution in [1.82, 2.24) is 9.97 Å². The lowest BCUT2D eigenvalue weighted by Crippen LogP contribution is -2.39. The average molecular weight is 226 g/mol. The summed E-state index contributed by atoms with van der Waals surface area (Å²) in [6, 6.07) is 0.520. The number of aromatic nitrogens is 2. The van der Waals surface area contributed by atoms with Gasteiger partial charge >= 0.3 is 0 Å². The predicted molar refractivity (Wildman–Crippen MR) is 62.2 cm³/mol. The molecule has 0 spiro atoms. The summed E-state index contributed by atoms with van der Waals surface area (Å²) in [7, 11) is 2.06. The Morgan fingerprint density at radius 3 is 2.73 bits per heavy atom. The average Bonchev–Trinajstić information content (AvgIpc) is 2.14.